The van der Waals surface area contributed by atoms with Crippen molar-refractivity contribution in [1.29, 1.82) is 5.26 Å². The van der Waals surface area contributed by atoms with Gasteiger partial charge in [-0.1, -0.05) is 0 Å². The molecular formula is C16H19N5O4S. The number of hydrogen-bond donors (Lipinski definition) is 0. The zero-order valence-corrected chi connectivity index (χ0v) is 15.1. The number of carbonyl (C=O) groups is 1. The van der Waals surface area contributed by atoms with Gasteiger partial charge in [-0.15, -0.1) is 0 Å². The van der Waals surface area contributed by atoms with Gasteiger partial charge < -0.3 is 14.5 Å². The summed E-state index contributed by atoms with van der Waals surface area (Å²) in [7, 11) is -1.99. The fourth-order valence-corrected chi connectivity index (χ4v) is 5.48. The number of anilines is 2. The molecule has 1 aromatic rings. The summed E-state index contributed by atoms with van der Waals surface area (Å²) in [5.41, 5.74) is 1.14. The number of amides is 1. The largest absolute Gasteiger partial charge is 0.481 e. The standard InChI is InChI=1S/C16H19N5O4S/c1-18-14-3-2-12(8-15(14)25-10-16(18)22)20-6-7-21(26(20,23)24)13-4-5-19(9-13)11-17/h2-3,8,13H,4-7,9-10H2,1H3. The highest BCUT2D eigenvalue weighted by atomic mass is 32.2. The van der Waals surface area contributed by atoms with Gasteiger partial charge in [0.05, 0.1) is 11.4 Å². The van der Waals surface area contributed by atoms with Gasteiger partial charge in [0.15, 0.2) is 12.8 Å². The van der Waals surface area contributed by atoms with Gasteiger partial charge in [-0.2, -0.15) is 18.0 Å². The predicted molar refractivity (Wildman–Crippen MR) is 93.9 cm³/mol. The van der Waals surface area contributed by atoms with Crippen molar-refractivity contribution >= 4 is 27.5 Å². The van der Waals surface area contributed by atoms with E-state index in [2.05, 4.69) is 6.19 Å². The van der Waals surface area contributed by atoms with Gasteiger partial charge in [-0.05, 0) is 18.6 Å². The first-order chi connectivity index (χ1) is 12.4. The summed E-state index contributed by atoms with van der Waals surface area (Å²) in [5.74, 6) is 0.350. The minimum Gasteiger partial charge on any atom is -0.481 e. The molecule has 0 bridgehead atoms. The van der Waals surface area contributed by atoms with Crippen LogP contribution < -0.4 is 13.9 Å². The van der Waals surface area contributed by atoms with E-state index in [0.717, 1.165) is 0 Å². The molecule has 138 valence electrons. The molecule has 3 heterocycles. The quantitative estimate of drug-likeness (QED) is 0.671. The van der Waals surface area contributed by atoms with Gasteiger partial charge in [-0.3, -0.25) is 9.10 Å². The highest BCUT2D eigenvalue weighted by Gasteiger charge is 2.43. The lowest BCUT2D eigenvalue weighted by Crippen LogP contribution is -2.41. The molecule has 0 radical (unpaired) electrons. The van der Waals surface area contributed by atoms with Crippen molar-refractivity contribution in [3.05, 3.63) is 18.2 Å². The lowest BCUT2D eigenvalue weighted by Gasteiger charge is -2.28. The molecule has 0 aromatic heterocycles. The minimum atomic E-state index is -3.65. The van der Waals surface area contributed by atoms with E-state index in [9.17, 15) is 13.2 Å². The lowest BCUT2D eigenvalue weighted by molar-refractivity contribution is -0.120. The second-order valence-electron chi connectivity index (χ2n) is 6.57. The summed E-state index contributed by atoms with van der Waals surface area (Å²) in [6.45, 7) is 1.70. The highest BCUT2D eigenvalue weighted by molar-refractivity contribution is 7.90. The van der Waals surface area contributed by atoms with Gasteiger partial charge in [-0.25, -0.2) is 0 Å². The number of fused-ring (bicyclic) bond motifs is 1. The van der Waals surface area contributed by atoms with Gasteiger partial charge in [0.2, 0.25) is 0 Å². The molecule has 3 aliphatic rings. The van der Waals surface area contributed by atoms with Crippen LogP contribution in [0, 0.1) is 11.5 Å². The Balaban J connectivity index is 1.60. The Bertz CT molecular complexity index is 896. The van der Waals surface area contributed by atoms with Gasteiger partial charge in [0, 0.05) is 45.3 Å². The van der Waals surface area contributed by atoms with Crippen molar-refractivity contribution in [2.45, 2.75) is 12.5 Å². The Hall–Kier alpha value is -2.51. The van der Waals surface area contributed by atoms with Crippen molar-refractivity contribution in [1.82, 2.24) is 9.21 Å². The molecule has 1 atom stereocenters. The molecule has 10 heteroatoms. The zero-order valence-electron chi connectivity index (χ0n) is 14.3. The van der Waals surface area contributed by atoms with Crippen molar-refractivity contribution in [2.24, 2.45) is 0 Å². The van der Waals surface area contributed by atoms with E-state index in [4.69, 9.17) is 10.00 Å². The second-order valence-corrected chi connectivity index (χ2v) is 8.38. The average molecular weight is 377 g/mol. The molecule has 2 saturated heterocycles. The molecule has 0 spiro atoms. The third kappa shape index (κ3) is 2.55. The average Bonchev–Trinajstić information content (AvgIpc) is 3.21. The molecule has 1 aromatic carbocycles. The van der Waals surface area contributed by atoms with Crippen LogP contribution in [-0.4, -0.2) is 69.4 Å². The molecule has 0 aliphatic carbocycles. The van der Waals surface area contributed by atoms with Crippen molar-refractivity contribution in [3.63, 3.8) is 0 Å². The maximum atomic E-state index is 13.0. The number of hydrogen-bond acceptors (Lipinski definition) is 6. The third-order valence-electron chi connectivity index (χ3n) is 5.13. The van der Waals surface area contributed by atoms with E-state index in [1.807, 2.05) is 0 Å². The van der Waals surface area contributed by atoms with Crippen LogP contribution in [0.2, 0.25) is 0 Å². The first-order valence-corrected chi connectivity index (χ1v) is 9.79. The van der Waals surface area contributed by atoms with Crippen LogP contribution in [0.15, 0.2) is 18.2 Å². The molecule has 26 heavy (non-hydrogen) atoms. The Morgan fingerprint density at radius 1 is 1.27 bits per heavy atom. The number of nitriles is 1. The topological polar surface area (TPSA) is 97.2 Å². The molecule has 2 fully saturated rings. The lowest BCUT2D eigenvalue weighted by atomic mass is 10.2. The normalized spacial score (nSPS) is 25.2. The van der Waals surface area contributed by atoms with Gasteiger partial charge in [0.25, 0.3) is 5.91 Å². The van der Waals surface area contributed by atoms with E-state index >= 15 is 0 Å². The van der Waals surface area contributed by atoms with Gasteiger partial charge in [0.1, 0.15) is 5.75 Å². The van der Waals surface area contributed by atoms with Crippen LogP contribution in [0.4, 0.5) is 11.4 Å². The van der Waals surface area contributed by atoms with Crippen LogP contribution in [0.3, 0.4) is 0 Å². The number of likely N-dealkylation sites (tertiary alicyclic amines) is 1. The van der Waals surface area contributed by atoms with Crippen LogP contribution in [0.25, 0.3) is 0 Å². The minimum absolute atomic E-state index is 0.0576. The smallest absolute Gasteiger partial charge is 0.304 e. The molecule has 9 nitrogen and oxygen atoms in total. The fraction of sp³-hybridized carbons (Fsp3) is 0.500. The number of ether oxygens (including phenoxy) is 1. The number of benzene rings is 1. The molecule has 1 amide bonds. The Morgan fingerprint density at radius 3 is 2.81 bits per heavy atom. The maximum Gasteiger partial charge on any atom is 0.304 e. The number of carbonyl (C=O) groups excluding carboxylic acids is 1. The van der Waals surface area contributed by atoms with E-state index in [1.54, 1.807) is 30.1 Å². The summed E-state index contributed by atoms with van der Waals surface area (Å²) >= 11 is 0. The van der Waals surface area contributed by atoms with E-state index in [0.29, 0.717) is 49.7 Å². The Kier molecular flexibility index (Phi) is 3.93. The second kappa shape index (κ2) is 6.03. The predicted octanol–water partition coefficient (Wildman–Crippen LogP) is -0.0360. The van der Waals surface area contributed by atoms with Crippen LogP contribution in [0.5, 0.6) is 5.75 Å². The monoisotopic (exact) mass is 377 g/mol. The molecular weight excluding hydrogens is 358 g/mol. The first kappa shape index (κ1) is 16.9. The summed E-state index contributed by atoms with van der Waals surface area (Å²) in [6.07, 6.45) is 2.73. The van der Waals surface area contributed by atoms with Crippen LogP contribution in [0.1, 0.15) is 6.42 Å². The number of nitrogens with zero attached hydrogens (tertiary/aromatic N) is 5. The van der Waals surface area contributed by atoms with Crippen LogP contribution in [-0.2, 0) is 15.0 Å². The SMILES string of the molecule is CN1C(=O)COc2cc(N3CCN(C4CCN(C#N)C4)S3(=O)=O)ccc21. The first-order valence-electron chi connectivity index (χ1n) is 8.39. The fourth-order valence-electron chi connectivity index (χ4n) is 3.67. The van der Waals surface area contributed by atoms with E-state index < -0.39 is 10.2 Å². The summed E-state index contributed by atoms with van der Waals surface area (Å²) in [6, 6.07) is 4.87. The third-order valence-corrected chi connectivity index (χ3v) is 7.15. The summed E-state index contributed by atoms with van der Waals surface area (Å²) < 4.78 is 34.3. The Labute approximate surface area is 152 Å². The molecule has 3 aliphatic heterocycles. The van der Waals surface area contributed by atoms with E-state index in [-0.39, 0.29) is 18.6 Å². The van der Waals surface area contributed by atoms with Crippen molar-refractivity contribution < 1.29 is 17.9 Å². The summed E-state index contributed by atoms with van der Waals surface area (Å²) in [5, 5.41) is 9.00. The molecule has 0 N–H and O–H groups in total. The Morgan fingerprint density at radius 2 is 2.08 bits per heavy atom. The zero-order chi connectivity index (χ0) is 18.5. The van der Waals surface area contributed by atoms with Crippen molar-refractivity contribution in [2.75, 3.05) is 49.0 Å². The maximum absolute atomic E-state index is 13.0. The number of likely N-dealkylation sites (N-methyl/N-ethyl adjacent to an activating group) is 1. The van der Waals surface area contributed by atoms with E-state index in [1.165, 1.54) is 13.5 Å². The number of rotatable bonds is 2. The molecule has 0 saturated carbocycles. The summed E-state index contributed by atoms with van der Waals surface area (Å²) in [4.78, 5) is 14.8. The van der Waals surface area contributed by atoms with Crippen LogP contribution >= 0.6 is 0 Å². The molecule has 1 unspecified atom stereocenters. The highest BCUT2D eigenvalue weighted by Crippen LogP contribution is 2.37. The van der Waals surface area contributed by atoms with Gasteiger partial charge >= 0.3 is 10.2 Å². The van der Waals surface area contributed by atoms with Crippen molar-refractivity contribution in [3.8, 4) is 11.9 Å². The molecule has 4 rings (SSSR count).